The second-order valence-electron chi connectivity index (χ2n) is 4.48. The summed E-state index contributed by atoms with van der Waals surface area (Å²) in [5, 5.41) is 13.0. The topological polar surface area (TPSA) is 87.8 Å². The lowest BCUT2D eigenvalue weighted by Crippen LogP contribution is -2.35. The highest BCUT2D eigenvalue weighted by molar-refractivity contribution is 7.19. The minimum absolute atomic E-state index is 0.205. The normalized spacial score (nSPS) is 16.5. The first-order valence-corrected chi connectivity index (χ1v) is 7.01. The molecule has 0 atom stereocenters. The number of piperidine rings is 1. The first kappa shape index (κ1) is 14.0. The van der Waals surface area contributed by atoms with Crippen molar-refractivity contribution in [2.75, 3.05) is 37.9 Å². The van der Waals surface area contributed by atoms with Gasteiger partial charge in [-0.1, -0.05) is 0 Å². The number of aliphatic hydroxyl groups excluding tert-OH is 1. The fourth-order valence-corrected chi connectivity index (χ4v) is 3.36. The maximum Gasteiger partial charge on any atom is 0.263 e. The van der Waals surface area contributed by atoms with Gasteiger partial charge in [0.05, 0.1) is 13.2 Å². The molecule has 1 aliphatic rings. The first-order valence-electron chi connectivity index (χ1n) is 6.19. The molecule has 1 aromatic rings. The summed E-state index contributed by atoms with van der Waals surface area (Å²) in [7, 11) is 3.12. The van der Waals surface area contributed by atoms with Gasteiger partial charge >= 0.3 is 0 Å². The molecule has 1 saturated heterocycles. The lowest BCUT2D eigenvalue weighted by molar-refractivity contribution is 0.0967. The van der Waals surface area contributed by atoms with Gasteiger partial charge in [0.2, 0.25) is 0 Å². The molecule has 1 aromatic heterocycles. The third-order valence-corrected chi connectivity index (χ3v) is 4.52. The largest absolute Gasteiger partial charge is 0.492 e. The van der Waals surface area contributed by atoms with Crippen LogP contribution in [0, 0.1) is 0 Å². The molecular formula is C12H19N3O3S. The number of aliphatic hydroxyl groups is 1. The number of nitrogens with two attached hydrogens (primary N) is 1. The van der Waals surface area contributed by atoms with Crippen molar-refractivity contribution < 1.29 is 14.6 Å². The summed E-state index contributed by atoms with van der Waals surface area (Å²) in [6, 6.07) is 0. The maximum absolute atomic E-state index is 11.8. The number of thiophene rings is 1. The molecular weight excluding hydrogens is 266 g/mol. The van der Waals surface area contributed by atoms with Crippen molar-refractivity contribution in [3.8, 4) is 5.75 Å². The Labute approximate surface area is 116 Å². The molecule has 0 unspecified atom stereocenters. The van der Waals surface area contributed by atoms with Crippen LogP contribution in [0.4, 0.5) is 10.7 Å². The monoisotopic (exact) mass is 285 g/mol. The van der Waals surface area contributed by atoms with E-state index in [0.29, 0.717) is 16.3 Å². The predicted octanol–water partition coefficient (Wildman–Crippen LogP) is 0.660. The van der Waals surface area contributed by atoms with Crippen molar-refractivity contribution in [3.63, 3.8) is 0 Å². The number of hydrogen-bond acceptors (Lipinski definition) is 6. The number of nitrogens with zero attached hydrogens (tertiary/aromatic N) is 1. The average Bonchev–Trinajstić information content (AvgIpc) is 2.75. The number of nitrogens with one attached hydrogen (secondary N) is 1. The van der Waals surface area contributed by atoms with E-state index in [1.165, 1.54) is 11.3 Å². The number of ether oxygens (including phenoxy) is 1. The number of carbonyl (C=O) groups excluding carboxylic acids is 1. The second-order valence-corrected chi connectivity index (χ2v) is 5.48. The zero-order chi connectivity index (χ0) is 14.0. The van der Waals surface area contributed by atoms with Gasteiger partial charge in [0.1, 0.15) is 15.6 Å². The van der Waals surface area contributed by atoms with Gasteiger partial charge in [-0.2, -0.15) is 0 Å². The zero-order valence-corrected chi connectivity index (χ0v) is 11.9. The summed E-state index contributed by atoms with van der Waals surface area (Å²) >= 11 is 1.33. The van der Waals surface area contributed by atoms with Gasteiger partial charge in [-0.15, -0.1) is 11.3 Å². The van der Waals surface area contributed by atoms with Gasteiger partial charge in [0.15, 0.2) is 5.75 Å². The molecule has 0 saturated carbocycles. The summed E-state index contributed by atoms with van der Waals surface area (Å²) < 4.78 is 5.33. The third-order valence-electron chi connectivity index (χ3n) is 3.27. The van der Waals surface area contributed by atoms with Crippen LogP contribution in [0.3, 0.4) is 0 Å². The Hall–Kier alpha value is -1.47. The summed E-state index contributed by atoms with van der Waals surface area (Å²) in [4.78, 5) is 14.3. The van der Waals surface area contributed by atoms with Gasteiger partial charge in [-0.05, 0) is 12.8 Å². The Morgan fingerprint density at radius 1 is 1.53 bits per heavy atom. The van der Waals surface area contributed by atoms with E-state index < -0.39 is 0 Å². The Bertz CT molecular complexity index is 467. The van der Waals surface area contributed by atoms with E-state index in [9.17, 15) is 9.90 Å². The number of rotatable bonds is 3. The minimum Gasteiger partial charge on any atom is -0.492 e. The van der Waals surface area contributed by atoms with Crippen LogP contribution in [0.1, 0.15) is 22.5 Å². The summed E-state index contributed by atoms with van der Waals surface area (Å²) in [6.45, 7) is 1.48. The van der Waals surface area contributed by atoms with Crippen LogP contribution in [-0.4, -0.2) is 44.4 Å². The molecule has 0 radical (unpaired) electrons. The number of methoxy groups -OCH3 is 1. The van der Waals surface area contributed by atoms with Crippen molar-refractivity contribution in [3.05, 3.63) is 4.88 Å². The van der Waals surface area contributed by atoms with Gasteiger partial charge in [-0.3, -0.25) is 4.79 Å². The standard InChI is InChI=1S/C12H19N3O3S/c1-14-11(17)10-8(13)9(18-2)12(19-10)15-5-3-7(16)4-6-15/h7,16H,3-6,13H2,1-2H3,(H,14,17). The zero-order valence-electron chi connectivity index (χ0n) is 11.1. The van der Waals surface area contributed by atoms with E-state index in [1.807, 2.05) is 0 Å². The van der Waals surface area contributed by atoms with E-state index >= 15 is 0 Å². The number of nitrogen functional groups attached to an aromatic ring is 1. The van der Waals surface area contributed by atoms with E-state index in [4.69, 9.17) is 10.5 Å². The Morgan fingerprint density at radius 2 is 2.16 bits per heavy atom. The van der Waals surface area contributed by atoms with Crippen molar-refractivity contribution in [2.45, 2.75) is 18.9 Å². The quantitative estimate of drug-likeness (QED) is 0.759. The SMILES string of the molecule is CNC(=O)c1sc(N2CCC(O)CC2)c(OC)c1N. The second kappa shape index (κ2) is 5.66. The van der Waals surface area contributed by atoms with Crippen LogP contribution in [0.15, 0.2) is 0 Å². The molecule has 4 N–H and O–H groups in total. The molecule has 6 nitrogen and oxygen atoms in total. The Balaban J connectivity index is 2.32. The third kappa shape index (κ3) is 2.62. The van der Waals surface area contributed by atoms with Crippen molar-refractivity contribution >= 4 is 27.9 Å². The molecule has 0 bridgehead atoms. The molecule has 0 spiro atoms. The van der Waals surface area contributed by atoms with E-state index in [2.05, 4.69) is 10.2 Å². The van der Waals surface area contributed by atoms with Crippen LogP contribution >= 0.6 is 11.3 Å². The number of hydrogen-bond donors (Lipinski definition) is 3. The van der Waals surface area contributed by atoms with Crippen molar-refractivity contribution in [1.29, 1.82) is 0 Å². The van der Waals surface area contributed by atoms with Crippen LogP contribution in [-0.2, 0) is 0 Å². The molecule has 0 aromatic carbocycles. The first-order chi connectivity index (χ1) is 9.08. The molecule has 0 aliphatic carbocycles. The van der Waals surface area contributed by atoms with E-state index in [1.54, 1.807) is 14.2 Å². The van der Waals surface area contributed by atoms with Crippen molar-refractivity contribution in [2.24, 2.45) is 0 Å². The molecule has 19 heavy (non-hydrogen) atoms. The summed E-state index contributed by atoms with van der Waals surface area (Å²) in [6.07, 6.45) is 1.20. The fourth-order valence-electron chi connectivity index (χ4n) is 2.17. The highest BCUT2D eigenvalue weighted by Crippen LogP contribution is 2.45. The summed E-state index contributed by atoms with van der Waals surface area (Å²) in [5.74, 6) is 0.351. The lowest BCUT2D eigenvalue weighted by atomic mass is 10.1. The van der Waals surface area contributed by atoms with Crippen LogP contribution in [0.2, 0.25) is 0 Å². The van der Waals surface area contributed by atoms with E-state index in [0.717, 1.165) is 30.9 Å². The predicted molar refractivity (Wildman–Crippen MR) is 76.1 cm³/mol. The smallest absolute Gasteiger partial charge is 0.263 e. The molecule has 1 fully saturated rings. The van der Waals surface area contributed by atoms with Gasteiger partial charge in [0.25, 0.3) is 5.91 Å². The lowest BCUT2D eigenvalue weighted by Gasteiger charge is -2.30. The van der Waals surface area contributed by atoms with Crippen molar-refractivity contribution in [1.82, 2.24) is 5.32 Å². The van der Waals surface area contributed by atoms with Gasteiger partial charge < -0.3 is 25.8 Å². The molecule has 2 heterocycles. The van der Waals surface area contributed by atoms with E-state index in [-0.39, 0.29) is 12.0 Å². The van der Waals surface area contributed by atoms with Crippen LogP contribution < -0.4 is 20.7 Å². The van der Waals surface area contributed by atoms with Crippen LogP contribution in [0.25, 0.3) is 0 Å². The number of anilines is 2. The number of amides is 1. The van der Waals surface area contributed by atoms with Crippen LogP contribution in [0.5, 0.6) is 5.75 Å². The highest BCUT2D eigenvalue weighted by Gasteiger charge is 2.27. The average molecular weight is 285 g/mol. The van der Waals surface area contributed by atoms with Gasteiger partial charge in [0, 0.05) is 20.1 Å². The van der Waals surface area contributed by atoms with Gasteiger partial charge in [-0.25, -0.2) is 0 Å². The summed E-state index contributed by atoms with van der Waals surface area (Å²) in [5.41, 5.74) is 6.36. The molecule has 106 valence electrons. The molecule has 1 aliphatic heterocycles. The Kier molecular flexibility index (Phi) is 4.16. The molecule has 7 heteroatoms. The Morgan fingerprint density at radius 3 is 2.68 bits per heavy atom. The highest BCUT2D eigenvalue weighted by atomic mass is 32.1. The molecule has 1 amide bonds. The minimum atomic E-state index is -0.238. The maximum atomic E-state index is 11.8. The molecule has 2 rings (SSSR count). The fraction of sp³-hybridized carbons (Fsp3) is 0.583. The number of carbonyl (C=O) groups is 1.